The van der Waals surface area contributed by atoms with Gasteiger partial charge < -0.3 is 29.5 Å². The number of hydrogen-bond donors (Lipinski definition) is 2. The molecule has 3 aliphatic rings. The third-order valence-electron chi connectivity index (χ3n) is 9.36. The van der Waals surface area contributed by atoms with Gasteiger partial charge in [0.1, 0.15) is 23.9 Å². The smallest absolute Gasteiger partial charge is 0.319 e. The molecule has 2 N–H and O–H groups in total. The van der Waals surface area contributed by atoms with Crippen LogP contribution in [0.4, 0.5) is 5.82 Å². The van der Waals surface area contributed by atoms with Crippen LogP contribution in [0.25, 0.3) is 0 Å². The number of β-amino-alcohol motifs (C(OH)–C–C–N with tert-alkyl or cyclic N) is 1. The fraction of sp³-hybridized carbons (Fsp3) is 0.545. The van der Waals surface area contributed by atoms with Gasteiger partial charge in [-0.2, -0.15) is 9.97 Å². The summed E-state index contributed by atoms with van der Waals surface area (Å²) in [6.45, 7) is 7.71. The Labute approximate surface area is 263 Å². The van der Waals surface area contributed by atoms with Gasteiger partial charge in [-0.3, -0.25) is 14.5 Å². The quantitative estimate of drug-likeness (QED) is 0.368. The Morgan fingerprint density at radius 2 is 1.71 bits per heavy atom. The molecule has 2 saturated heterocycles. The molecule has 5 heterocycles. The molecule has 0 unspecified atom stereocenters. The molecule has 240 valence electrons. The van der Waals surface area contributed by atoms with Crippen molar-refractivity contribution in [2.45, 2.75) is 83.2 Å². The fourth-order valence-electron chi connectivity index (χ4n) is 6.68. The molecule has 12 nitrogen and oxygen atoms in total. The van der Waals surface area contributed by atoms with E-state index in [1.807, 2.05) is 13.8 Å². The van der Waals surface area contributed by atoms with Crippen molar-refractivity contribution in [2.75, 3.05) is 38.0 Å². The number of amides is 2. The maximum Gasteiger partial charge on any atom is 0.319 e. The second-order valence-electron chi connectivity index (χ2n) is 12.2. The van der Waals surface area contributed by atoms with Crippen molar-refractivity contribution in [3.63, 3.8) is 0 Å². The van der Waals surface area contributed by atoms with Gasteiger partial charge in [0.05, 0.1) is 6.10 Å². The van der Waals surface area contributed by atoms with Gasteiger partial charge in [0.2, 0.25) is 0 Å². The SMILES string of the molecule is CCC(CC)Oc1nc(NC2CCN(C(=O)c3ccon3)CC2)cc(C(=O)N2CC[C@@H](N3CCc4ccccc4C3)[C@H](O)C2)n1. The largest absolute Gasteiger partial charge is 0.460 e. The predicted molar refractivity (Wildman–Crippen MR) is 167 cm³/mol. The van der Waals surface area contributed by atoms with Crippen LogP contribution in [0, 0.1) is 0 Å². The number of carbonyl (C=O) groups excluding carboxylic acids is 2. The van der Waals surface area contributed by atoms with Crippen LogP contribution in [0.1, 0.15) is 78.1 Å². The molecular weight excluding hydrogens is 574 g/mol. The number of nitrogens with one attached hydrogen (secondary N) is 1. The summed E-state index contributed by atoms with van der Waals surface area (Å²) < 4.78 is 10.9. The fourth-order valence-corrected chi connectivity index (χ4v) is 6.68. The molecule has 0 radical (unpaired) electrons. The predicted octanol–water partition coefficient (Wildman–Crippen LogP) is 3.38. The Bertz CT molecular complexity index is 1460. The number of fused-ring (bicyclic) bond motifs is 1. The molecule has 45 heavy (non-hydrogen) atoms. The number of benzene rings is 1. The molecule has 12 heteroatoms. The Balaban J connectivity index is 1.12. The molecule has 0 aliphatic carbocycles. The number of aliphatic hydroxyl groups is 1. The van der Waals surface area contributed by atoms with Crippen molar-refractivity contribution in [1.82, 2.24) is 29.8 Å². The zero-order valence-corrected chi connectivity index (χ0v) is 26.1. The van der Waals surface area contributed by atoms with Gasteiger partial charge in [-0.1, -0.05) is 43.3 Å². The number of piperidine rings is 2. The molecule has 0 bridgehead atoms. The Kier molecular flexibility index (Phi) is 9.60. The van der Waals surface area contributed by atoms with E-state index in [-0.39, 0.29) is 48.3 Å². The van der Waals surface area contributed by atoms with Crippen molar-refractivity contribution < 1.29 is 24.0 Å². The highest BCUT2D eigenvalue weighted by Gasteiger charge is 2.36. The highest BCUT2D eigenvalue weighted by molar-refractivity contribution is 5.93. The summed E-state index contributed by atoms with van der Waals surface area (Å²) in [6.07, 6.45) is 5.33. The molecule has 2 aromatic heterocycles. The second kappa shape index (κ2) is 13.9. The first-order chi connectivity index (χ1) is 21.9. The summed E-state index contributed by atoms with van der Waals surface area (Å²) in [6, 6.07) is 12.0. The van der Waals surface area contributed by atoms with Crippen LogP contribution < -0.4 is 10.1 Å². The molecule has 2 atom stereocenters. The molecule has 1 aromatic carbocycles. The van der Waals surface area contributed by atoms with E-state index in [2.05, 4.69) is 49.6 Å². The van der Waals surface area contributed by atoms with E-state index in [1.165, 1.54) is 17.4 Å². The Hall–Kier alpha value is -4.03. The highest BCUT2D eigenvalue weighted by Crippen LogP contribution is 2.27. The van der Waals surface area contributed by atoms with Crippen LogP contribution in [0.3, 0.4) is 0 Å². The zero-order chi connectivity index (χ0) is 31.3. The third kappa shape index (κ3) is 7.12. The summed E-state index contributed by atoms with van der Waals surface area (Å²) in [4.78, 5) is 41.4. The van der Waals surface area contributed by atoms with Crippen molar-refractivity contribution >= 4 is 17.6 Å². The standard InChI is InChI=1S/C33H43N7O5/c1-3-25(4-2)45-33-35-27(19-30(36-33)34-24-10-15-38(16-11-24)31(42)26-13-18-44-37-26)32(43)40-17-12-28(29(41)21-40)39-14-9-22-7-5-6-8-23(22)20-39/h5-8,13,18-19,24-25,28-29,41H,3-4,9-12,14-17,20-21H2,1-2H3,(H,34,35,36)/t28-,29-/m1/s1. The number of rotatable bonds is 9. The number of ether oxygens (including phenoxy) is 1. The molecule has 0 saturated carbocycles. The minimum Gasteiger partial charge on any atom is -0.460 e. The van der Waals surface area contributed by atoms with Gasteiger partial charge in [-0.25, -0.2) is 0 Å². The van der Waals surface area contributed by atoms with Crippen LogP contribution >= 0.6 is 0 Å². The van der Waals surface area contributed by atoms with E-state index in [0.29, 0.717) is 50.4 Å². The van der Waals surface area contributed by atoms with Crippen molar-refractivity contribution in [2.24, 2.45) is 0 Å². The minimum absolute atomic E-state index is 0.000770. The minimum atomic E-state index is -0.655. The van der Waals surface area contributed by atoms with E-state index in [4.69, 9.17) is 9.26 Å². The van der Waals surface area contributed by atoms with Gasteiger partial charge in [-0.05, 0) is 49.7 Å². The lowest BCUT2D eigenvalue weighted by Gasteiger charge is -2.43. The lowest BCUT2D eigenvalue weighted by Crippen LogP contribution is -2.56. The maximum atomic E-state index is 13.8. The van der Waals surface area contributed by atoms with Crippen molar-refractivity contribution in [3.8, 4) is 6.01 Å². The van der Waals surface area contributed by atoms with Crippen molar-refractivity contribution in [3.05, 3.63) is 65.2 Å². The van der Waals surface area contributed by atoms with Crippen LogP contribution in [0.2, 0.25) is 0 Å². The number of aromatic nitrogens is 3. The van der Waals surface area contributed by atoms with E-state index in [9.17, 15) is 14.7 Å². The van der Waals surface area contributed by atoms with Gasteiger partial charge >= 0.3 is 6.01 Å². The van der Waals surface area contributed by atoms with Crippen LogP contribution in [-0.2, 0) is 13.0 Å². The summed E-state index contributed by atoms with van der Waals surface area (Å²) in [7, 11) is 0. The van der Waals surface area contributed by atoms with E-state index >= 15 is 0 Å². The molecule has 3 aliphatic heterocycles. The first-order valence-electron chi connectivity index (χ1n) is 16.2. The van der Waals surface area contributed by atoms with E-state index in [0.717, 1.165) is 32.4 Å². The van der Waals surface area contributed by atoms with E-state index in [1.54, 1.807) is 21.9 Å². The first-order valence-corrected chi connectivity index (χ1v) is 16.2. The van der Waals surface area contributed by atoms with Crippen LogP contribution in [0.5, 0.6) is 6.01 Å². The van der Waals surface area contributed by atoms with Crippen molar-refractivity contribution in [1.29, 1.82) is 0 Å². The Morgan fingerprint density at radius 3 is 2.42 bits per heavy atom. The average molecular weight is 618 g/mol. The van der Waals surface area contributed by atoms with Crippen LogP contribution in [-0.4, -0.2) is 104 Å². The topological polar surface area (TPSA) is 137 Å². The van der Waals surface area contributed by atoms with Gasteiger partial charge in [0, 0.05) is 63.5 Å². The summed E-state index contributed by atoms with van der Waals surface area (Å²) in [5.41, 5.74) is 3.23. The summed E-state index contributed by atoms with van der Waals surface area (Å²) in [5, 5.41) is 18.4. The van der Waals surface area contributed by atoms with Gasteiger partial charge in [0.15, 0.2) is 5.69 Å². The zero-order valence-electron chi connectivity index (χ0n) is 26.1. The van der Waals surface area contributed by atoms with Gasteiger partial charge in [0.25, 0.3) is 11.8 Å². The lowest BCUT2D eigenvalue weighted by molar-refractivity contribution is -0.0139. The number of hydrogen-bond acceptors (Lipinski definition) is 10. The van der Waals surface area contributed by atoms with Crippen LogP contribution in [0.15, 0.2) is 47.2 Å². The lowest BCUT2D eigenvalue weighted by atomic mass is 9.94. The monoisotopic (exact) mass is 617 g/mol. The number of carbonyl (C=O) groups is 2. The first kappa shape index (κ1) is 31.0. The molecule has 2 fully saturated rings. The van der Waals surface area contributed by atoms with Gasteiger partial charge in [-0.15, -0.1) is 0 Å². The molecule has 0 spiro atoms. The number of nitrogens with zero attached hydrogens (tertiary/aromatic N) is 6. The molecule has 3 aromatic rings. The Morgan fingerprint density at radius 1 is 0.978 bits per heavy atom. The average Bonchev–Trinajstić information content (AvgIpc) is 3.62. The van der Waals surface area contributed by atoms with E-state index < -0.39 is 6.10 Å². The summed E-state index contributed by atoms with van der Waals surface area (Å²) in [5.74, 6) is 0.122. The highest BCUT2D eigenvalue weighted by atomic mass is 16.5. The number of anilines is 1. The molecular formula is C33H43N7O5. The maximum absolute atomic E-state index is 13.8. The molecule has 6 rings (SSSR count). The normalized spacial score (nSPS) is 21.1. The molecule has 2 amide bonds. The number of likely N-dealkylation sites (tertiary alicyclic amines) is 2. The summed E-state index contributed by atoms with van der Waals surface area (Å²) >= 11 is 0. The third-order valence-corrected chi connectivity index (χ3v) is 9.36. The second-order valence-corrected chi connectivity index (χ2v) is 12.2. The number of aliphatic hydroxyl groups excluding tert-OH is 1.